The Labute approximate surface area is 162 Å². The van der Waals surface area contributed by atoms with Crippen LogP contribution in [-0.2, 0) is 6.54 Å². The van der Waals surface area contributed by atoms with Crippen LogP contribution in [0.5, 0.6) is 0 Å². The Morgan fingerprint density at radius 1 is 1.29 bits per heavy atom. The number of rotatable bonds is 7. The van der Waals surface area contributed by atoms with E-state index < -0.39 is 0 Å². The Kier molecular flexibility index (Phi) is 9.65. The number of hydrogen-bond donors (Lipinski definition) is 2. The number of guanidine groups is 1. The molecule has 2 N–H and O–H groups in total. The number of aryl methyl sites for hydroxylation is 2. The second-order valence-electron chi connectivity index (χ2n) is 6.29. The lowest BCUT2D eigenvalue weighted by molar-refractivity contribution is 0.249. The Bertz CT molecular complexity index is 492. The standard InChI is InChI=1S/C17H31N5O.HI/c1-5-18-17(20-12-16-21-13(2)14(3)23-16)19-10-11-22(4)15-8-6-7-9-15;/h15H,5-12H2,1-4H3,(H2,18,19,20);1H. The van der Waals surface area contributed by atoms with Gasteiger partial charge in [-0.05, 0) is 40.7 Å². The first-order valence-electron chi connectivity index (χ1n) is 8.75. The van der Waals surface area contributed by atoms with E-state index in [2.05, 4.69) is 39.5 Å². The highest BCUT2D eigenvalue weighted by atomic mass is 127. The van der Waals surface area contributed by atoms with Gasteiger partial charge in [0.25, 0.3) is 0 Å². The summed E-state index contributed by atoms with van der Waals surface area (Å²) in [6.07, 6.45) is 5.43. The maximum absolute atomic E-state index is 5.57. The average molecular weight is 449 g/mol. The summed E-state index contributed by atoms with van der Waals surface area (Å²) in [6, 6.07) is 0.759. The summed E-state index contributed by atoms with van der Waals surface area (Å²) in [4.78, 5) is 11.4. The van der Waals surface area contributed by atoms with E-state index in [0.717, 1.165) is 43.1 Å². The van der Waals surface area contributed by atoms with Crippen LogP contribution in [0.2, 0.25) is 0 Å². The number of halogens is 1. The highest BCUT2D eigenvalue weighted by Crippen LogP contribution is 2.21. The molecule has 1 aromatic heterocycles. The number of oxazole rings is 1. The van der Waals surface area contributed by atoms with Crippen LogP contribution in [-0.4, -0.2) is 48.6 Å². The zero-order valence-corrected chi connectivity index (χ0v) is 17.7. The van der Waals surface area contributed by atoms with Crippen molar-refractivity contribution in [1.82, 2.24) is 20.5 Å². The van der Waals surface area contributed by atoms with Gasteiger partial charge in [0, 0.05) is 25.7 Å². The maximum Gasteiger partial charge on any atom is 0.216 e. The van der Waals surface area contributed by atoms with Crippen LogP contribution < -0.4 is 10.6 Å². The molecule has 2 rings (SSSR count). The van der Waals surface area contributed by atoms with Crippen molar-refractivity contribution in [2.45, 2.75) is 59.0 Å². The minimum atomic E-state index is 0. The first-order valence-corrected chi connectivity index (χ1v) is 8.75. The highest BCUT2D eigenvalue weighted by Gasteiger charge is 2.18. The zero-order chi connectivity index (χ0) is 16.7. The summed E-state index contributed by atoms with van der Waals surface area (Å²) in [6.45, 7) is 9.18. The molecule has 0 aromatic carbocycles. The Hall–Kier alpha value is -0.830. The van der Waals surface area contributed by atoms with E-state index in [9.17, 15) is 0 Å². The van der Waals surface area contributed by atoms with Crippen molar-refractivity contribution in [3.63, 3.8) is 0 Å². The molecule has 0 spiro atoms. The van der Waals surface area contributed by atoms with E-state index in [1.807, 2.05) is 13.8 Å². The van der Waals surface area contributed by atoms with Crippen LogP contribution in [0.3, 0.4) is 0 Å². The van der Waals surface area contributed by atoms with Gasteiger partial charge in [-0.15, -0.1) is 24.0 Å². The van der Waals surface area contributed by atoms with Gasteiger partial charge in [-0.3, -0.25) is 0 Å². The van der Waals surface area contributed by atoms with E-state index in [-0.39, 0.29) is 24.0 Å². The molecule has 0 amide bonds. The molecular formula is C17H32IN5O. The van der Waals surface area contributed by atoms with Gasteiger partial charge in [-0.1, -0.05) is 12.8 Å². The first-order chi connectivity index (χ1) is 11.1. The molecule has 0 saturated heterocycles. The third-order valence-corrected chi connectivity index (χ3v) is 4.49. The molecular weight excluding hydrogens is 417 g/mol. The summed E-state index contributed by atoms with van der Waals surface area (Å²) in [7, 11) is 2.22. The SMILES string of the molecule is CCNC(=NCc1nc(C)c(C)o1)NCCN(C)C1CCCC1.I. The molecule has 6 nitrogen and oxygen atoms in total. The van der Waals surface area contributed by atoms with Crippen LogP contribution in [0, 0.1) is 13.8 Å². The molecule has 1 saturated carbocycles. The predicted octanol–water partition coefficient (Wildman–Crippen LogP) is 2.84. The molecule has 0 bridgehead atoms. The van der Waals surface area contributed by atoms with Crippen molar-refractivity contribution in [2.24, 2.45) is 4.99 Å². The molecule has 1 aliphatic rings. The van der Waals surface area contributed by atoms with Crippen molar-refractivity contribution in [2.75, 3.05) is 26.7 Å². The molecule has 24 heavy (non-hydrogen) atoms. The average Bonchev–Trinajstić information content (AvgIpc) is 3.15. The van der Waals surface area contributed by atoms with Gasteiger partial charge in [0.1, 0.15) is 12.3 Å². The van der Waals surface area contributed by atoms with Gasteiger partial charge >= 0.3 is 0 Å². The second-order valence-corrected chi connectivity index (χ2v) is 6.29. The lowest BCUT2D eigenvalue weighted by atomic mass is 10.2. The van der Waals surface area contributed by atoms with Gasteiger partial charge in [0.2, 0.25) is 5.89 Å². The molecule has 0 atom stereocenters. The molecule has 1 aromatic rings. The summed E-state index contributed by atoms with van der Waals surface area (Å²) in [5.41, 5.74) is 0.936. The number of nitrogens with zero attached hydrogens (tertiary/aromatic N) is 3. The van der Waals surface area contributed by atoms with Crippen molar-refractivity contribution in [3.8, 4) is 0 Å². The zero-order valence-electron chi connectivity index (χ0n) is 15.4. The monoisotopic (exact) mass is 449 g/mol. The van der Waals surface area contributed by atoms with Crippen LogP contribution in [0.15, 0.2) is 9.41 Å². The van der Waals surface area contributed by atoms with E-state index in [1.54, 1.807) is 0 Å². The smallest absolute Gasteiger partial charge is 0.216 e. The fourth-order valence-electron chi connectivity index (χ4n) is 2.97. The van der Waals surface area contributed by atoms with Gasteiger partial charge in [-0.2, -0.15) is 0 Å². The maximum atomic E-state index is 5.57. The fraction of sp³-hybridized carbons (Fsp3) is 0.765. The third-order valence-electron chi connectivity index (χ3n) is 4.49. The van der Waals surface area contributed by atoms with E-state index in [4.69, 9.17) is 4.42 Å². The van der Waals surface area contributed by atoms with Crippen LogP contribution in [0.25, 0.3) is 0 Å². The third kappa shape index (κ3) is 6.58. The molecule has 1 fully saturated rings. The van der Waals surface area contributed by atoms with Gasteiger partial charge in [-0.25, -0.2) is 9.98 Å². The molecule has 7 heteroatoms. The Balaban J connectivity index is 0.00000288. The van der Waals surface area contributed by atoms with Crippen molar-refractivity contribution >= 4 is 29.9 Å². The number of aliphatic imine (C=N–C) groups is 1. The minimum absolute atomic E-state index is 0. The summed E-state index contributed by atoms with van der Waals surface area (Å²) < 4.78 is 5.57. The minimum Gasteiger partial charge on any atom is -0.444 e. The number of aromatic nitrogens is 1. The first kappa shape index (κ1) is 21.2. The molecule has 0 radical (unpaired) electrons. The van der Waals surface area contributed by atoms with E-state index in [0.29, 0.717) is 12.4 Å². The van der Waals surface area contributed by atoms with Gasteiger partial charge < -0.3 is 20.0 Å². The van der Waals surface area contributed by atoms with E-state index in [1.165, 1.54) is 25.7 Å². The summed E-state index contributed by atoms with van der Waals surface area (Å²) in [5.74, 6) is 2.35. The second kappa shape index (κ2) is 10.9. The summed E-state index contributed by atoms with van der Waals surface area (Å²) in [5, 5.41) is 6.66. The number of likely N-dealkylation sites (N-methyl/N-ethyl adjacent to an activating group) is 1. The number of nitrogens with one attached hydrogen (secondary N) is 2. The van der Waals surface area contributed by atoms with Crippen LogP contribution in [0.4, 0.5) is 0 Å². The lowest BCUT2D eigenvalue weighted by Crippen LogP contribution is -2.42. The Morgan fingerprint density at radius 3 is 2.58 bits per heavy atom. The number of hydrogen-bond acceptors (Lipinski definition) is 4. The quantitative estimate of drug-likeness (QED) is 0.381. The predicted molar refractivity (Wildman–Crippen MR) is 109 cm³/mol. The Morgan fingerprint density at radius 2 is 2.00 bits per heavy atom. The topological polar surface area (TPSA) is 65.7 Å². The van der Waals surface area contributed by atoms with Crippen molar-refractivity contribution in [1.29, 1.82) is 0 Å². The highest BCUT2D eigenvalue weighted by molar-refractivity contribution is 14.0. The molecule has 0 aliphatic heterocycles. The molecule has 0 unspecified atom stereocenters. The van der Waals surface area contributed by atoms with E-state index >= 15 is 0 Å². The fourth-order valence-corrected chi connectivity index (χ4v) is 2.97. The largest absolute Gasteiger partial charge is 0.444 e. The van der Waals surface area contributed by atoms with Gasteiger partial charge in [0.15, 0.2) is 5.96 Å². The van der Waals surface area contributed by atoms with Crippen molar-refractivity contribution in [3.05, 3.63) is 17.3 Å². The van der Waals surface area contributed by atoms with Gasteiger partial charge in [0.05, 0.1) is 5.69 Å². The summed E-state index contributed by atoms with van der Waals surface area (Å²) >= 11 is 0. The molecule has 1 aliphatic carbocycles. The van der Waals surface area contributed by atoms with Crippen molar-refractivity contribution < 1.29 is 4.42 Å². The normalized spacial score (nSPS) is 15.6. The van der Waals surface area contributed by atoms with Crippen LogP contribution in [0.1, 0.15) is 50.0 Å². The van der Waals surface area contributed by atoms with Crippen LogP contribution >= 0.6 is 24.0 Å². The molecule has 138 valence electrons. The lowest BCUT2D eigenvalue weighted by Gasteiger charge is -2.24. The molecule has 1 heterocycles.